The van der Waals surface area contributed by atoms with Crippen LogP contribution in [0.15, 0.2) is 24.3 Å². The number of carbonyl (C=O) groups excluding carboxylic acids is 1. The van der Waals surface area contributed by atoms with Crippen LogP contribution in [0, 0.1) is 11.8 Å². The van der Waals surface area contributed by atoms with Gasteiger partial charge in [0.15, 0.2) is 5.60 Å². The maximum absolute atomic E-state index is 12.3. The highest BCUT2D eigenvalue weighted by Gasteiger charge is 2.44. The van der Waals surface area contributed by atoms with Crippen LogP contribution in [0.25, 0.3) is 0 Å². The number of unbranched alkanes of at least 4 members (excludes halogenated alkanes) is 2. The smallest absolute Gasteiger partial charge is 0.338 e. The van der Waals surface area contributed by atoms with Gasteiger partial charge >= 0.3 is 5.97 Å². The first-order valence-electron chi connectivity index (χ1n) is 11.4. The molecule has 0 aromatic carbocycles. The van der Waals surface area contributed by atoms with Gasteiger partial charge in [0.2, 0.25) is 0 Å². The minimum Gasteiger partial charge on any atom is -0.479 e. The van der Waals surface area contributed by atoms with Gasteiger partial charge in [-0.05, 0) is 50.9 Å². The van der Waals surface area contributed by atoms with E-state index in [0.29, 0.717) is 24.5 Å². The van der Waals surface area contributed by atoms with Crippen LogP contribution in [0.5, 0.6) is 0 Å². The largest absolute Gasteiger partial charge is 0.479 e. The minimum atomic E-state index is -1.69. The molecule has 0 radical (unpaired) electrons. The van der Waals surface area contributed by atoms with E-state index in [-0.39, 0.29) is 32.0 Å². The number of hydrogen-bond acceptors (Lipinski definition) is 5. The lowest BCUT2D eigenvalue weighted by atomic mass is 9.87. The molecule has 0 bridgehead atoms. The second-order valence-corrected chi connectivity index (χ2v) is 8.08. The monoisotopic (exact) mass is 424 g/mol. The molecule has 0 aromatic rings. The molecule has 3 N–H and O–H groups in total. The van der Waals surface area contributed by atoms with Gasteiger partial charge in [-0.1, -0.05) is 51.0 Å². The molecule has 1 aliphatic rings. The summed E-state index contributed by atoms with van der Waals surface area (Å²) in [5, 5.41) is 29.0. The molecule has 0 heterocycles. The maximum atomic E-state index is 12.3. The summed E-state index contributed by atoms with van der Waals surface area (Å²) in [4.78, 5) is 24.0. The lowest BCUT2D eigenvalue weighted by Crippen LogP contribution is -2.52. The Kier molecular flexibility index (Phi) is 12.8. The molecule has 30 heavy (non-hydrogen) atoms. The van der Waals surface area contributed by atoms with Gasteiger partial charge in [-0.15, -0.1) is 0 Å². The highest BCUT2D eigenvalue weighted by Crippen LogP contribution is 2.34. The van der Waals surface area contributed by atoms with Gasteiger partial charge in [0.05, 0.1) is 19.3 Å². The highest BCUT2D eigenvalue weighted by molar-refractivity contribution is 5.83. The Hall–Kier alpha value is -1.50. The SMILES string of the molecule is CCC=CCCC=C[C@H]1CCC(=O)[C@@H]1CCCCC(O)C(CC)(OCCO)C(=O)O. The van der Waals surface area contributed by atoms with Crippen molar-refractivity contribution in [3.8, 4) is 0 Å². The van der Waals surface area contributed by atoms with E-state index < -0.39 is 17.7 Å². The zero-order valence-electron chi connectivity index (χ0n) is 18.6. The van der Waals surface area contributed by atoms with Gasteiger partial charge in [-0.3, -0.25) is 4.79 Å². The molecule has 4 atom stereocenters. The summed E-state index contributed by atoms with van der Waals surface area (Å²) in [6, 6.07) is 0. The zero-order chi connectivity index (χ0) is 22.4. The van der Waals surface area contributed by atoms with Crippen molar-refractivity contribution in [2.75, 3.05) is 13.2 Å². The average molecular weight is 425 g/mol. The molecule has 1 fully saturated rings. The molecule has 1 aliphatic carbocycles. The predicted molar refractivity (Wildman–Crippen MR) is 117 cm³/mol. The quantitative estimate of drug-likeness (QED) is 0.255. The third-order valence-corrected chi connectivity index (χ3v) is 6.06. The number of aliphatic carboxylic acids is 1. The van der Waals surface area contributed by atoms with Crippen molar-refractivity contribution in [3.05, 3.63) is 24.3 Å². The molecule has 6 heteroatoms. The first kappa shape index (κ1) is 26.5. The topological polar surface area (TPSA) is 104 Å². The Labute approximate surface area is 181 Å². The third-order valence-electron chi connectivity index (χ3n) is 6.06. The van der Waals surface area contributed by atoms with Crippen molar-refractivity contribution in [1.29, 1.82) is 0 Å². The van der Waals surface area contributed by atoms with Crippen LogP contribution in [-0.2, 0) is 14.3 Å². The number of carbonyl (C=O) groups is 2. The number of ether oxygens (including phenoxy) is 1. The summed E-state index contributed by atoms with van der Waals surface area (Å²) < 4.78 is 5.33. The fraction of sp³-hybridized carbons (Fsp3) is 0.750. The molecule has 2 unspecified atom stereocenters. The van der Waals surface area contributed by atoms with Gasteiger partial charge in [0.1, 0.15) is 5.78 Å². The van der Waals surface area contributed by atoms with Gasteiger partial charge in [-0.25, -0.2) is 4.79 Å². The zero-order valence-corrected chi connectivity index (χ0v) is 18.6. The van der Waals surface area contributed by atoms with Crippen LogP contribution < -0.4 is 0 Å². The summed E-state index contributed by atoms with van der Waals surface area (Å²) in [6.07, 6.45) is 14.7. The number of allylic oxidation sites excluding steroid dienone is 4. The number of Topliss-reactive ketones (excluding diaryl/α,β-unsaturated/α-hetero) is 1. The molecular weight excluding hydrogens is 384 g/mol. The Bertz CT molecular complexity index is 570. The molecule has 1 saturated carbocycles. The minimum absolute atomic E-state index is 0.0330. The lowest BCUT2D eigenvalue weighted by molar-refractivity contribution is -0.186. The molecule has 0 amide bonds. The number of ketones is 1. The van der Waals surface area contributed by atoms with Crippen LogP contribution in [0.3, 0.4) is 0 Å². The van der Waals surface area contributed by atoms with Crippen LogP contribution in [0.2, 0.25) is 0 Å². The lowest BCUT2D eigenvalue weighted by Gasteiger charge is -2.33. The Balaban J connectivity index is 2.49. The van der Waals surface area contributed by atoms with Crippen molar-refractivity contribution in [3.63, 3.8) is 0 Å². The summed E-state index contributed by atoms with van der Waals surface area (Å²) in [7, 11) is 0. The van der Waals surface area contributed by atoms with Crippen molar-refractivity contribution in [2.45, 2.75) is 89.8 Å². The Morgan fingerprint density at radius 2 is 1.97 bits per heavy atom. The van der Waals surface area contributed by atoms with E-state index in [9.17, 15) is 19.8 Å². The first-order chi connectivity index (χ1) is 14.4. The third kappa shape index (κ3) is 7.97. The fourth-order valence-electron chi connectivity index (χ4n) is 4.24. The number of aliphatic hydroxyl groups excluding tert-OH is 2. The number of carboxylic acid groups (broad SMARTS) is 1. The molecular formula is C24H40O6. The molecule has 0 aromatic heterocycles. The summed E-state index contributed by atoms with van der Waals surface area (Å²) >= 11 is 0. The summed E-state index contributed by atoms with van der Waals surface area (Å²) in [5.41, 5.74) is -1.69. The highest BCUT2D eigenvalue weighted by atomic mass is 16.5. The standard InChI is InChI=1S/C24H40O6/c1-3-5-6-7-8-9-12-19-15-16-21(26)20(19)13-10-11-14-22(27)24(4-2,23(28)29)30-18-17-25/h5-6,9,12,19-20,22,25,27H,3-4,7-8,10-11,13-18H2,1-2H3,(H,28,29)/t19-,20+,22?,24?/m0/s1. The van der Waals surface area contributed by atoms with Crippen molar-refractivity contribution < 1.29 is 29.6 Å². The number of aliphatic hydroxyl groups is 2. The number of rotatable bonds is 16. The van der Waals surface area contributed by atoms with E-state index in [1.165, 1.54) is 0 Å². The van der Waals surface area contributed by atoms with Gasteiger partial charge in [0.25, 0.3) is 0 Å². The number of hydrogen-bond donors (Lipinski definition) is 3. The van der Waals surface area contributed by atoms with Crippen molar-refractivity contribution in [1.82, 2.24) is 0 Å². The van der Waals surface area contributed by atoms with Crippen LogP contribution in [-0.4, -0.2) is 52.0 Å². The van der Waals surface area contributed by atoms with Crippen LogP contribution >= 0.6 is 0 Å². The number of carboxylic acids is 1. The molecule has 6 nitrogen and oxygen atoms in total. The van der Waals surface area contributed by atoms with E-state index in [4.69, 9.17) is 9.84 Å². The second kappa shape index (κ2) is 14.5. The van der Waals surface area contributed by atoms with E-state index >= 15 is 0 Å². The summed E-state index contributed by atoms with van der Waals surface area (Å²) in [6.45, 7) is 3.35. The molecule has 0 aliphatic heterocycles. The van der Waals surface area contributed by atoms with Crippen LogP contribution in [0.1, 0.15) is 78.1 Å². The van der Waals surface area contributed by atoms with E-state index in [0.717, 1.165) is 38.5 Å². The van der Waals surface area contributed by atoms with Crippen molar-refractivity contribution in [2.24, 2.45) is 11.8 Å². The molecule has 0 saturated heterocycles. The van der Waals surface area contributed by atoms with E-state index in [1.807, 2.05) is 0 Å². The Morgan fingerprint density at radius 1 is 1.23 bits per heavy atom. The van der Waals surface area contributed by atoms with Gasteiger partial charge < -0.3 is 20.1 Å². The molecule has 0 spiro atoms. The Morgan fingerprint density at radius 3 is 2.60 bits per heavy atom. The first-order valence-corrected chi connectivity index (χ1v) is 11.4. The molecule has 172 valence electrons. The van der Waals surface area contributed by atoms with E-state index in [2.05, 4.69) is 31.2 Å². The normalized spacial score (nSPS) is 22.7. The van der Waals surface area contributed by atoms with E-state index in [1.54, 1.807) is 6.92 Å². The second-order valence-electron chi connectivity index (χ2n) is 8.08. The predicted octanol–water partition coefficient (Wildman–Crippen LogP) is 4.05. The average Bonchev–Trinajstić information content (AvgIpc) is 3.08. The van der Waals surface area contributed by atoms with Gasteiger partial charge in [0, 0.05) is 12.3 Å². The van der Waals surface area contributed by atoms with Gasteiger partial charge in [-0.2, -0.15) is 0 Å². The van der Waals surface area contributed by atoms with Crippen molar-refractivity contribution >= 4 is 11.8 Å². The fourth-order valence-corrected chi connectivity index (χ4v) is 4.24. The van der Waals surface area contributed by atoms with Crippen LogP contribution in [0.4, 0.5) is 0 Å². The maximum Gasteiger partial charge on any atom is 0.338 e. The molecule has 1 rings (SSSR count). The summed E-state index contributed by atoms with van der Waals surface area (Å²) in [5.74, 6) is -0.573.